The Labute approximate surface area is 116 Å². The second-order valence-corrected chi connectivity index (χ2v) is 4.90. The molecule has 1 atom stereocenters. The van der Waals surface area contributed by atoms with Crippen LogP contribution < -0.4 is 5.32 Å². The van der Waals surface area contributed by atoms with Crippen molar-refractivity contribution in [1.29, 1.82) is 0 Å². The van der Waals surface area contributed by atoms with Gasteiger partial charge in [0.05, 0.1) is 12.7 Å². The van der Waals surface area contributed by atoms with Gasteiger partial charge in [-0.05, 0) is 24.6 Å². The van der Waals surface area contributed by atoms with E-state index in [2.05, 4.69) is 21.2 Å². The van der Waals surface area contributed by atoms with Crippen molar-refractivity contribution >= 4 is 21.8 Å². The van der Waals surface area contributed by atoms with Crippen LogP contribution in [0.5, 0.6) is 0 Å². The minimum Gasteiger partial charge on any atom is -0.382 e. The lowest BCUT2D eigenvalue weighted by molar-refractivity contribution is 0.0285. The molecule has 100 valence electrons. The van der Waals surface area contributed by atoms with Crippen LogP contribution in [0.3, 0.4) is 0 Å². The van der Waals surface area contributed by atoms with Gasteiger partial charge in [-0.25, -0.2) is 0 Å². The Bertz CT molecular complexity index is 409. The van der Waals surface area contributed by atoms with Gasteiger partial charge in [0, 0.05) is 30.8 Å². The fraction of sp³-hybridized carbons (Fsp3) is 0.462. The van der Waals surface area contributed by atoms with E-state index < -0.39 is 0 Å². The molecule has 1 rings (SSSR count). The number of carbonyl (C=O) groups excluding carboxylic acids is 1. The lowest BCUT2D eigenvalue weighted by Gasteiger charge is -2.15. The molecule has 1 unspecified atom stereocenters. The van der Waals surface area contributed by atoms with Crippen LogP contribution in [-0.2, 0) is 9.47 Å². The van der Waals surface area contributed by atoms with Crippen LogP contribution in [0.4, 0.5) is 0 Å². The first-order valence-corrected chi connectivity index (χ1v) is 6.44. The molecule has 0 aromatic heterocycles. The van der Waals surface area contributed by atoms with Gasteiger partial charge in [0.1, 0.15) is 0 Å². The molecule has 1 aromatic carbocycles. The highest BCUT2D eigenvalue weighted by Crippen LogP contribution is 2.15. The molecular formula is C13H18BrNO3. The Balaban J connectivity index is 2.62. The molecule has 5 heteroatoms. The summed E-state index contributed by atoms with van der Waals surface area (Å²) in [5.41, 5.74) is 1.60. The maximum absolute atomic E-state index is 12.0. The van der Waals surface area contributed by atoms with E-state index in [1.807, 2.05) is 25.1 Å². The van der Waals surface area contributed by atoms with E-state index in [0.29, 0.717) is 18.7 Å². The van der Waals surface area contributed by atoms with Crippen molar-refractivity contribution in [2.75, 3.05) is 27.4 Å². The molecule has 4 nitrogen and oxygen atoms in total. The van der Waals surface area contributed by atoms with E-state index in [1.165, 1.54) is 0 Å². The maximum Gasteiger partial charge on any atom is 0.251 e. The number of nitrogens with one attached hydrogen (secondary N) is 1. The first-order chi connectivity index (χ1) is 8.58. The summed E-state index contributed by atoms with van der Waals surface area (Å²) in [5.74, 6) is -0.105. The largest absolute Gasteiger partial charge is 0.382 e. The quantitative estimate of drug-likeness (QED) is 0.875. The topological polar surface area (TPSA) is 47.6 Å². The summed E-state index contributed by atoms with van der Waals surface area (Å²) in [5, 5.41) is 2.84. The zero-order valence-corrected chi connectivity index (χ0v) is 12.4. The molecule has 0 aliphatic heterocycles. The van der Waals surface area contributed by atoms with Crippen LogP contribution in [-0.4, -0.2) is 39.4 Å². The summed E-state index contributed by atoms with van der Waals surface area (Å²) < 4.78 is 11.1. The normalized spacial score (nSPS) is 12.2. The van der Waals surface area contributed by atoms with Crippen LogP contribution in [0.1, 0.15) is 15.9 Å². The lowest BCUT2D eigenvalue weighted by atomic mass is 10.1. The summed E-state index contributed by atoms with van der Waals surface area (Å²) in [6.07, 6.45) is -0.133. The van der Waals surface area contributed by atoms with Crippen LogP contribution in [0.15, 0.2) is 22.7 Å². The molecule has 0 bridgehead atoms. The van der Waals surface area contributed by atoms with E-state index >= 15 is 0 Å². The zero-order chi connectivity index (χ0) is 13.5. The maximum atomic E-state index is 12.0. The van der Waals surface area contributed by atoms with Crippen LogP contribution in [0.2, 0.25) is 0 Å². The Morgan fingerprint density at radius 2 is 2.17 bits per heavy atom. The fourth-order valence-electron chi connectivity index (χ4n) is 1.54. The van der Waals surface area contributed by atoms with E-state index in [1.54, 1.807) is 14.2 Å². The average molecular weight is 316 g/mol. The number of hydrogen-bond donors (Lipinski definition) is 1. The molecule has 0 radical (unpaired) electrons. The summed E-state index contributed by atoms with van der Waals surface area (Å²) in [6, 6.07) is 5.62. The summed E-state index contributed by atoms with van der Waals surface area (Å²) in [4.78, 5) is 12.0. The zero-order valence-electron chi connectivity index (χ0n) is 10.8. The predicted octanol–water partition coefficient (Wildman–Crippen LogP) is 2.15. The lowest BCUT2D eigenvalue weighted by Crippen LogP contribution is -2.35. The number of benzene rings is 1. The number of aryl methyl sites for hydroxylation is 1. The van der Waals surface area contributed by atoms with Crippen molar-refractivity contribution in [3.8, 4) is 0 Å². The number of methoxy groups -OCH3 is 2. The third-order valence-electron chi connectivity index (χ3n) is 2.62. The van der Waals surface area contributed by atoms with Crippen molar-refractivity contribution < 1.29 is 14.3 Å². The second-order valence-electron chi connectivity index (χ2n) is 3.98. The standard InChI is InChI=1S/C13H18BrNO3/c1-9-4-5-10(14)6-12(9)13(16)15-7-11(18-3)8-17-2/h4-6,11H,7-8H2,1-3H3,(H,15,16). The third kappa shape index (κ3) is 4.40. The van der Waals surface area contributed by atoms with Gasteiger partial charge in [-0.3, -0.25) is 4.79 Å². The molecule has 1 amide bonds. The molecule has 1 aromatic rings. The first kappa shape index (κ1) is 15.1. The SMILES string of the molecule is COCC(CNC(=O)c1cc(Br)ccc1C)OC. The fourth-order valence-corrected chi connectivity index (χ4v) is 1.90. The second kappa shape index (κ2) is 7.51. The molecular weight excluding hydrogens is 298 g/mol. The number of rotatable bonds is 6. The number of amides is 1. The van der Waals surface area contributed by atoms with E-state index in [4.69, 9.17) is 9.47 Å². The van der Waals surface area contributed by atoms with E-state index in [9.17, 15) is 4.79 Å². The Morgan fingerprint density at radius 1 is 1.44 bits per heavy atom. The molecule has 0 aliphatic rings. The molecule has 0 heterocycles. The molecule has 0 aliphatic carbocycles. The van der Waals surface area contributed by atoms with Gasteiger partial charge in [-0.1, -0.05) is 22.0 Å². The minimum absolute atomic E-state index is 0.105. The van der Waals surface area contributed by atoms with Crippen molar-refractivity contribution in [3.05, 3.63) is 33.8 Å². The van der Waals surface area contributed by atoms with Gasteiger partial charge in [0.2, 0.25) is 0 Å². The van der Waals surface area contributed by atoms with Crippen molar-refractivity contribution in [2.45, 2.75) is 13.0 Å². The van der Waals surface area contributed by atoms with Gasteiger partial charge in [0.15, 0.2) is 0 Å². The smallest absolute Gasteiger partial charge is 0.251 e. The van der Waals surface area contributed by atoms with Gasteiger partial charge in [0.25, 0.3) is 5.91 Å². The van der Waals surface area contributed by atoms with Crippen molar-refractivity contribution in [1.82, 2.24) is 5.32 Å². The molecule has 18 heavy (non-hydrogen) atoms. The van der Waals surface area contributed by atoms with Crippen molar-refractivity contribution in [3.63, 3.8) is 0 Å². The highest BCUT2D eigenvalue weighted by Gasteiger charge is 2.12. The number of carbonyl (C=O) groups is 1. The highest BCUT2D eigenvalue weighted by molar-refractivity contribution is 9.10. The highest BCUT2D eigenvalue weighted by atomic mass is 79.9. The summed E-state index contributed by atoms with van der Waals surface area (Å²) in [7, 11) is 3.20. The van der Waals surface area contributed by atoms with Crippen LogP contribution in [0.25, 0.3) is 0 Å². The molecule has 0 saturated heterocycles. The number of halogens is 1. The molecule has 0 fully saturated rings. The average Bonchev–Trinajstić information content (AvgIpc) is 2.37. The predicted molar refractivity (Wildman–Crippen MR) is 73.9 cm³/mol. The Kier molecular flexibility index (Phi) is 6.32. The van der Waals surface area contributed by atoms with Gasteiger partial charge < -0.3 is 14.8 Å². The number of hydrogen-bond acceptors (Lipinski definition) is 3. The van der Waals surface area contributed by atoms with E-state index in [0.717, 1.165) is 10.0 Å². The Hall–Kier alpha value is -0.910. The van der Waals surface area contributed by atoms with Gasteiger partial charge in [-0.15, -0.1) is 0 Å². The monoisotopic (exact) mass is 315 g/mol. The Morgan fingerprint density at radius 3 is 2.78 bits per heavy atom. The molecule has 0 spiro atoms. The minimum atomic E-state index is -0.133. The first-order valence-electron chi connectivity index (χ1n) is 5.64. The summed E-state index contributed by atoms with van der Waals surface area (Å²) in [6.45, 7) is 2.79. The van der Waals surface area contributed by atoms with Gasteiger partial charge >= 0.3 is 0 Å². The van der Waals surface area contributed by atoms with Crippen LogP contribution >= 0.6 is 15.9 Å². The van der Waals surface area contributed by atoms with E-state index in [-0.39, 0.29) is 12.0 Å². The van der Waals surface area contributed by atoms with Crippen LogP contribution in [0, 0.1) is 6.92 Å². The number of ether oxygens (including phenoxy) is 2. The third-order valence-corrected chi connectivity index (χ3v) is 3.11. The molecule has 1 N–H and O–H groups in total. The summed E-state index contributed by atoms with van der Waals surface area (Å²) >= 11 is 3.36. The van der Waals surface area contributed by atoms with Crippen molar-refractivity contribution in [2.24, 2.45) is 0 Å². The van der Waals surface area contributed by atoms with Gasteiger partial charge in [-0.2, -0.15) is 0 Å². The molecule has 0 saturated carbocycles.